The van der Waals surface area contributed by atoms with Gasteiger partial charge in [0, 0.05) is 6.42 Å². The second kappa shape index (κ2) is 13.0. The molecule has 1 fully saturated rings. The Balaban J connectivity index is 2.41. The summed E-state index contributed by atoms with van der Waals surface area (Å²) in [4.78, 5) is 0. The van der Waals surface area contributed by atoms with E-state index in [2.05, 4.69) is 77.8 Å². The van der Waals surface area contributed by atoms with Gasteiger partial charge >= 0.3 is 0 Å². The number of allylic oxidation sites excluding steroid dienone is 4. The van der Waals surface area contributed by atoms with Crippen molar-refractivity contribution in [3.05, 3.63) is 58.2 Å². The van der Waals surface area contributed by atoms with Crippen LogP contribution >= 0.6 is 0 Å². The molecule has 0 heteroatoms. The summed E-state index contributed by atoms with van der Waals surface area (Å²) in [6, 6.07) is 7.21. The van der Waals surface area contributed by atoms with Crippen LogP contribution in [0.3, 0.4) is 0 Å². The van der Waals surface area contributed by atoms with Crippen molar-refractivity contribution in [3.8, 4) is 12.3 Å². The maximum absolute atomic E-state index is 5.63. The van der Waals surface area contributed by atoms with Gasteiger partial charge in [0.15, 0.2) is 0 Å². The summed E-state index contributed by atoms with van der Waals surface area (Å²) < 4.78 is 0. The maximum atomic E-state index is 5.63. The lowest BCUT2D eigenvalue weighted by molar-refractivity contribution is 0.306. The predicted octanol–water partition coefficient (Wildman–Crippen LogP) is 9.68. The Labute approximate surface area is 193 Å². The molecule has 0 N–H and O–H groups in total. The summed E-state index contributed by atoms with van der Waals surface area (Å²) in [6.07, 6.45) is 21.1. The molecule has 1 aromatic carbocycles. The van der Waals surface area contributed by atoms with Crippen molar-refractivity contribution in [2.24, 2.45) is 5.92 Å². The smallest absolute Gasteiger partial charge is 0.00918 e. The molecule has 0 amide bonds. The Morgan fingerprint density at radius 3 is 2.35 bits per heavy atom. The molecular weight excluding hydrogens is 372 g/mol. The fourth-order valence-electron chi connectivity index (χ4n) is 5.69. The third kappa shape index (κ3) is 6.16. The lowest BCUT2D eigenvalue weighted by Gasteiger charge is -2.40. The molecular formula is C31H46. The number of benzene rings is 1. The van der Waals surface area contributed by atoms with Gasteiger partial charge in [0.05, 0.1) is 0 Å². The SMILES string of the molecule is C#CCCC(CC)c1cccc(C2CC(C(=CCC)C(C)=CC)C2)c1C(CC)CCC. The molecule has 31 heavy (non-hydrogen) atoms. The third-order valence-electron chi connectivity index (χ3n) is 7.61. The largest absolute Gasteiger partial charge is 0.120 e. The van der Waals surface area contributed by atoms with Gasteiger partial charge in [-0.25, -0.2) is 0 Å². The van der Waals surface area contributed by atoms with E-state index in [-0.39, 0.29) is 0 Å². The normalized spacial score (nSPS) is 21.3. The first kappa shape index (κ1) is 25.5. The van der Waals surface area contributed by atoms with Gasteiger partial charge in [-0.05, 0) is 105 Å². The zero-order valence-electron chi connectivity index (χ0n) is 21.1. The summed E-state index contributed by atoms with van der Waals surface area (Å²) in [5.74, 6) is 5.59. The Kier molecular flexibility index (Phi) is 10.7. The molecule has 0 nitrogen and oxygen atoms in total. The molecule has 0 saturated heterocycles. The molecule has 1 saturated carbocycles. The average molecular weight is 419 g/mol. The van der Waals surface area contributed by atoms with Crippen molar-refractivity contribution in [2.45, 2.75) is 117 Å². The van der Waals surface area contributed by atoms with Crippen LogP contribution in [-0.4, -0.2) is 0 Å². The highest BCUT2D eigenvalue weighted by atomic mass is 14.4. The molecule has 0 aliphatic heterocycles. The molecule has 0 aromatic heterocycles. The topological polar surface area (TPSA) is 0 Å². The van der Waals surface area contributed by atoms with E-state index in [4.69, 9.17) is 6.42 Å². The Hall–Kier alpha value is -1.74. The molecule has 1 aliphatic carbocycles. The third-order valence-corrected chi connectivity index (χ3v) is 7.61. The minimum Gasteiger partial charge on any atom is -0.120 e. The Morgan fingerprint density at radius 1 is 1.10 bits per heavy atom. The molecule has 0 bridgehead atoms. The second-order valence-electron chi connectivity index (χ2n) is 9.50. The quantitative estimate of drug-likeness (QED) is 0.234. The van der Waals surface area contributed by atoms with E-state index in [1.807, 2.05) is 0 Å². The summed E-state index contributed by atoms with van der Waals surface area (Å²) >= 11 is 0. The van der Waals surface area contributed by atoms with Crippen LogP contribution in [0.15, 0.2) is 41.5 Å². The van der Waals surface area contributed by atoms with Crippen LogP contribution in [0, 0.1) is 18.3 Å². The first-order valence-electron chi connectivity index (χ1n) is 12.9. The van der Waals surface area contributed by atoms with Crippen LogP contribution in [0.2, 0.25) is 0 Å². The number of rotatable bonds is 12. The minimum atomic E-state index is 0.591. The summed E-state index contributed by atoms with van der Waals surface area (Å²) in [7, 11) is 0. The summed E-state index contributed by atoms with van der Waals surface area (Å²) in [5, 5.41) is 0. The minimum absolute atomic E-state index is 0.591. The van der Waals surface area contributed by atoms with E-state index >= 15 is 0 Å². The lowest BCUT2D eigenvalue weighted by atomic mass is 9.64. The van der Waals surface area contributed by atoms with E-state index in [9.17, 15) is 0 Å². The summed E-state index contributed by atoms with van der Waals surface area (Å²) in [6.45, 7) is 13.8. The predicted molar refractivity (Wildman–Crippen MR) is 139 cm³/mol. The standard InChI is InChI=1S/C31H46/c1-8-14-18-24(12-5)29-19-15-20-30(31(29)25(13-6)16-9-2)27-21-26(22-27)28(17-10-3)23(7)11-4/h1,11,15,17,19-20,24-27H,9-10,12-14,16,18,21-22H2,2-7H3. The highest BCUT2D eigenvalue weighted by molar-refractivity contribution is 5.45. The maximum Gasteiger partial charge on any atom is 0.00918 e. The molecule has 0 radical (unpaired) electrons. The van der Waals surface area contributed by atoms with E-state index in [0.717, 1.165) is 25.2 Å². The average Bonchev–Trinajstić information content (AvgIpc) is 2.76. The van der Waals surface area contributed by atoms with Gasteiger partial charge in [-0.2, -0.15) is 0 Å². The van der Waals surface area contributed by atoms with Crippen molar-refractivity contribution < 1.29 is 0 Å². The van der Waals surface area contributed by atoms with E-state index < -0.39 is 0 Å². The molecule has 1 aliphatic rings. The van der Waals surface area contributed by atoms with Gasteiger partial charge in [-0.15, -0.1) is 12.3 Å². The molecule has 2 rings (SSSR count). The van der Waals surface area contributed by atoms with Gasteiger partial charge in [-0.1, -0.05) is 70.0 Å². The van der Waals surface area contributed by atoms with Crippen molar-refractivity contribution in [1.29, 1.82) is 0 Å². The van der Waals surface area contributed by atoms with Crippen LogP contribution in [0.4, 0.5) is 0 Å². The first-order valence-corrected chi connectivity index (χ1v) is 12.9. The molecule has 0 heterocycles. The Bertz CT molecular complexity index is 779. The fraction of sp³-hybridized carbons (Fsp3) is 0.613. The highest BCUT2D eigenvalue weighted by Crippen LogP contribution is 2.50. The number of hydrogen-bond acceptors (Lipinski definition) is 0. The van der Waals surface area contributed by atoms with E-state index in [1.54, 1.807) is 22.3 Å². The van der Waals surface area contributed by atoms with Crippen LogP contribution in [0.25, 0.3) is 0 Å². The van der Waals surface area contributed by atoms with Gasteiger partial charge in [0.25, 0.3) is 0 Å². The van der Waals surface area contributed by atoms with Crippen molar-refractivity contribution in [1.82, 2.24) is 0 Å². The van der Waals surface area contributed by atoms with Crippen LogP contribution < -0.4 is 0 Å². The highest BCUT2D eigenvalue weighted by Gasteiger charge is 2.35. The van der Waals surface area contributed by atoms with Gasteiger partial charge in [0.2, 0.25) is 0 Å². The zero-order chi connectivity index (χ0) is 22.8. The van der Waals surface area contributed by atoms with E-state index in [1.165, 1.54) is 44.1 Å². The molecule has 0 spiro atoms. The molecule has 170 valence electrons. The Morgan fingerprint density at radius 2 is 1.81 bits per heavy atom. The summed E-state index contributed by atoms with van der Waals surface area (Å²) in [5.41, 5.74) is 8.02. The first-order chi connectivity index (χ1) is 15.1. The van der Waals surface area contributed by atoms with Crippen molar-refractivity contribution >= 4 is 0 Å². The molecule has 2 unspecified atom stereocenters. The number of hydrogen-bond donors (Lipinski definition) is 0. The second-order valence-corrected chi connectivity index (χ2v) is 9.50. The van der Waals surface area contributed by atoms with Crippen LogP contribution in [0.1, 0.15) is 134 Å². The van der Waals surface area contributed by atoms with Crippen LogP contribution in [-0.2, 0) is 0 Å². The van der Waals surface area contributed by atoms with Crippen molar-refractivity contribution in [3.63, 3.8) is 0 Å². The van der Waals surface area contributed by atoms with Gasteiger partial charge < -0.3 is 0 Å². The van der Waals surface area contributed by atoms with Gasteiger partial charge in [0.1, 0.15) is 0 Å². The lowest BCUT2D eigenvalue weighted by Crippen LogP contribution is -2.26. The molecule has 1 aromatic rings. The van der Waals surface area contributed by atoms with Crippen LogP contribution in [0.5, 0.6) is 0 Å². The monoisotopic (exact) mass is 418 g/mol. The van der Waals surface area contributed by atoms with E-state index in [0.29, 0.717) is 17.8 Å². The zero-order valence-corrected chi connectivity index (χ0v) is 21.1. The molecule has 2 atom stereocenters. The van der Waals surface area contributed by atoms with Gasteiger partial charge in [-0.3, -0.25) is 0 Å². The number of terminal acetylenes is 1. The fourth-order valence-corrected chi connectivity index (χ4v) is 5.69. The van der Waals surface area contributed by atoms with Crippen molar-refractivity contribution in [2.75, 3.05) is 0 Å².